The first-order valence-electron chi connectivity index (χ1n) is 8.83. The summed E-state index contributed by atoms with van der Waals surface area (Å²) in [6.45, 7) is 3.81. The first-order chi connectivity index (χ1) is 12.9. The number of piperidine rings is 1. The summed E-state index contributed by atoms with van der Waals surface area (Å²) in [5, 5.41) is 2.69. The minimum absolute atomic E-state index is 0.00826. The molecule has 8 heteroatoms. The van der Waals surface area contributed by atoms with Gasteiger partial charge in [0.1, 0.15) is 5.82 Å². The maximum absolute atomic E-state index is 12.8. The van der Waals surface area contributed by atoms with E-state index < -0.39 is 17.4 Å². The Bertz CT molecular complexity index is 1030. The number of imide groups is 1. The van der Waals surface area contributed by atoms with Crippen LogP contribution >= 0.6 is 11.6 Å². The molecule has 0 saturated carbocycles. The maximum atomic E-state index is 12.8. The number of rotatable bonds is 2. The van der Waals surface area contributed by atoms with E-state index in [1.54, 1.807) is 18.2 Å². The molecule has 1 aromatic carbocycles. The number of hydrogen-bond acceptors (Lipinski definition) is 5. The quantitative estimate of drug-likeness (QED) is 0.771. The summed E-state index contributed by atoms with van der Waals surface area (Å²) in [6, 6.07) is 6.40. The van der Waals surface area contributed by atoms with Crippen molar-refractivity contribution in [3.63, 3.8) is 0 Å². The number of nitrogens with two attached hydrogens (primary N) is 1. The third-order valence-electron chi connectivity index (χ3n) is 5.13. The Labute approximate surface area is 160 Å². The van der Waals surface area contributed by atoms with E-state index in [1.165, 1.54) is 4.57 Å². The van der Waals surface area contributed by atoms with E-state index in [-0.39, 0.29) is 16.9 Å². The van der Waals surface area contributed by atoms with E-state index in [4.69, 9.17) is 17.3 Å². The summed E-state index contributed by atoms with van der Waals surface area (Å²) in [7, 11) is 0. The van der Waals surface area contributed by atoms with Gasteiger partial charge in [0.15, 0.2) is 0 Å². The van der Waals surface area contributed by atoms with Gasteiger partial charge in [0.05, 0.1) is 27.5 Å². The third-order valence-corrected chi connectivity index (χ3v) is 5.44. The number of anilines is 2. The summed E-state index contributed by atoms with van der Waals surface area (Å²) in [5.74, 6) is -0.770. The Kier molecular flexibility index (Phi) is 4.19. The second-order valence-electron chi connectivity index (χ2n) is 7.08. The molecule has 0 aliphatic carbocycles. The lowest BCUT2D eigenvalue weighted by molar-refractivity contribution is 0.0880. The van der Waals surface area contributed by atoms with Crippen molar-refractivity contribution in [2.45, 2.75) is 19.8 Å². The molecule has 1 atom stereocenters. The molecule has 3 heterocycles. The Morgan fingerprint density at radius 2 is 2.00 bits per heavy atom. The Morgan fingerprint density at radius 1 is 1.22 bits per heavy atom. The summed E-state index contributed by atoms with van der Waals surface area (Å²) < 4.78 is 1.26. The molecule has 2 aromatic rings. The molecule has 0 bridgehead atoms. The van der Waals surface area contributed by atoms with Crippen LogP contribution in [0.5, 0.6) is 0 Å². The van der Waals surface area contributed by atoms with Gasteiger partial charge in [0, 0.05) is 19.2 Å². The van der Waals surface area contributed by atoms with Crippen molar-refractivity contribution in [2.24, 2.45) is 5.92 Å². The van der Waals surface area contributed by atoms with Crippen molar-refractivity contribution < 1.29 is 9.59 Å². The van der Waals surface area contributed by atoms with E-state index >= 15 is 0 Å². The molecule has 1 saturated heterocycles. The topological polar surface area (TPSA) is 97.4 Å². The maximum Gasteiger partial charge on any atom is 0.262 e. The van der Waals surface area contributed by atoms with Crippen molar-refractivity contribution in [3.05, 3.63) is 50.8 Å². The van der Waals surface area contributed by atoms with Gasteiger partial charge in [-0.2, -0.15) is 0 Å². The molecule has 1 aromatic heterocycles. The van der Waals surface area contributed by atoms with E-state index in [0.717, 1.165) is 32.0 Å². The summed E-state index contributed by atoms with van der Waals surface area (Å²) in [5.41, 5.74) is 6.96. The highest BCUT2D eigenvalue weighted by Crippen LogP contribution is 2.36. The van der Waals surface area contributed by atoms with E-state index in [0.29, 0.717) is 22.3 Å². The minimum atomic E-state index is -0.609. The van der Waals surface area contributed by atoms with Crippen molar-refractivity contribution >= 4 is 34.9 Å². The monoisotopic (exact) mass is 386 g/mol. The first-order valence-corrected chi connectivity index (χ1v) is 9.21. The van der Waals surface area contributed by atoms with Crippen molar-refractivity contribution in [2.75, 3.05) is 23.7 Å². The zero-order valence-corrected chi connectivity index (χ0v) is 15.5. The predicted molar refractivity (Wildman–Crippen MR) is 104 cm³/mol. The minimum Gasteiger partial charge on any atom is -0.384 e. The second kappa shape index (κ2) is 6.42. The number of nitrogens with zero attached hydrogens (tertiary/aromatic N) is 2. The summed E-state index contributed by atoms with van der Waals surface area (Å²) in [6.07, 6.45) is 2.16. The number of carbonyl (C=O) groups excluding carboxylic acids is 2. The van der Waals surface area contributed by atoms with Crippen LogP contribution in [0.25, 0.3) is 5.69 Å². The summed E-state index contributed by atoms with van der Waals surface area (Å²) >= 11 is 6.50. The average molecular weight is 387 g/mol. The summed E-state index contributed by atoms with van der Waals surface area (Å²) in [4.78, 5) is 38.9. The average Bonchev–Trinajstić information content (AvgIpc) is 2.89. The van der Waals surface area contributed by atoms with Gasteiger partial charge in [-0.05, 0) is 30.9 Å². The highest BCUT2D eigenvalue weighted by atomic mass is 35.5. The standard InChI is InChI=1S/C19H19ClN4O3/c1-10-4-3-7-23(9-10)16-12(20)5-2-6-13(16)24-14(25)8-11-15(17(24)21)19(27)22-18(11)26/h2,5-6,8,10H,3-4,7,9,21H2,1H3,(H,22,26,27). The molecule has 3 N–H and O–H groups in total. The molecule has 0 radical (unpaired) electrons. The molecule has 27 heavy (non-hydrogen) atoms. The van der Waals surface area contributed by atoms with Crippen LogP contribution in [0.4, 0.5) is 11.5 Å². The van der Waals surface area contributed by atoms with Gasteiger partial charge in [-0.25, -0.2) is 0 Å². The molecule has 0 spiro atoms. The van der Waals surface area contributed by atoms with Gasteiger partial charge < -0.3 is 10.6 Å². The number of halogens is 1. The Hall–Kier alpha value is -2.80. The number of fused-ring (bicyclic) bond motifs is 1. The Balaban J connectivity index is 1.95. The van der Waals surface area contributed by atoms with Crippen LogP contribution in [0.3, 0.4) is 0 Å². The number of hydrogen-bond donors (Lipinski definition) is 2. The number of nitrogens with one attached hydrogen (secondary N) is 1. The molecule has 1 unspecified atom stereocenters. The SMILES string of the molecule is CC1CCCN(c2c(Cl)cccc2-n2c(N)c3c(cc2=O)C(=O)NC3=O)C1. The molecule has 2 aliphatic heterocycles. The number of para-hydroxylation sites is 1. The fourth-order valence-corrected chi connectivity index (χ4v) is 4.21. The highest BCUT2D eigenvalue weighted by Gasteiger charge is 2.33. The molecule has 4 rings (SSSR count). The lowest BCUT2D eigenvalue weighted by Gasteiger charge is -2.35. The smallest absolute Gasteiger partial charge is 0.262 e. The number of benzene rings is 1. The van der Waals surface area contributed by atoms with Crippen molar-refractivity contribution in [1.29, 1.82) is 0 Å². The van der Waals surface area contributed by atoms with Crippen LogP contribution in [-0.4, -0.2) is 29.5 Å². The van der Waals surface area contributed by atoms with Gasteiger partial charge >= 0.3 is 0 Å². The van der Waals surface area contributed by atoms with E-state index in [1.807, 2.05) is 0 Å². The van der Waals surface area contributed by atoms with Crippen molar-refractivity contribution in [1.82, 2.24) is 9.88 Å². The molecule has 7 nitrogen and oxygen atoms in total. The van der Waals surface area contributed by atoms with Crippen LogP contribution in [0, 0.1) is 5.92 Å². The van der Waals surface area contributed by atoms with Crippen LogP contribution < -0.4 is 21.5 Å². The van der Waals surface area contributed by atoms with Crippen LogP contribution in [-0.2, 0) is 0 Å². The zero-order chi connectivity index (χ0) is 19.3. The molecule has 140 valence electrons. The fraction of sp³-hybridized carbons (Fsp3) is 0.316. The number of amides is 2. The van der Waals surface area contributed by atoms with Crippen LogP contribution in [0.15, 0.2) is 29.1 Å². The lowest BCUT2D eigenvalue weighted by atomic mass is 9.99. The number of aromatic nitrogens is 1. The lowest BCUT2D eigenvalue weighted by Crippen LogP contribution is -2.36. The predicted octanol–water partition coefficient (Wildman–Crippen LogP) is 2.19. The molecule has 2 amide bonds. The number of pyridine rings is 1. The van der Waals surface area contributed by atoms with Gasteiger partial charge in [-0.15, -0.1) is 0 Å². The Morgan fingerprint density at radius 3 is 2.74 bits per heavy atom. The molecule has 1 fully saturated rings. The van der Waals surface area contributed by atoms with Gasteiger partial charge in [-0.3, -0.25) is 24.3 Å². The third kappa shape index (κ3) is 2.78. The van der Waals surface area contributed by atoms with Gasteiger partial charge in [0.25, 0.3) is 17.4 Å². The zero-order valence-electron chi connectivity index (χ0n) is 14.8. The molecule has 2 aliphatic rings. The van der Waals surface area contributed by atoms with Crippen LogP contribution in [0.2, 0.25) is 5.02 Å². The van der Waals surface area contributed by atoms with Crippen molar-refractivity contribution in [3.8, 4) is 5.69 Å². The molecular weight excluding hydrogens is 368 g/mol. The normalized spacial score (nSPS) is 19.2. The highest BCUT2D eigenvalue weighted by molar-refractivity contribution is 6.33. The van der Waals surface area contributed by atoms with Gasteiger partial charge in [0.2, 0.25) is 0 Å². The van der Waals surface area contributed by atoms with Crippen LogP contribution in [0.1, 0.15) is 40.5 Å². The van der Waals surface area contributed by atoms with Gasteiger partial charge in [-0.1, -0.05) is 24.6 Å². The van der Waals surface area contributed by atoms with E-state index in [9.17, 15) is 14.4 Å². The molecular formula is C19H19ClN4O3. The van der Waals surface area contributed by atoms with E-state index in [2.05, 4.69) is 17.1 Å². The number of nitrogen functional groups attached to an aromatic ring is 1. The number of carbonyl (C=O) groups is 2. The largest absolute Gasteiger partial charge is 0.384 e. The second-order valence-corrected chi connectivity index (χ2v) is 7.48. The fourth-order valence-electron chi connectivity index (χ4n) is 3.92. The first kappa shape index (κ1) is 17.6.